The molecule has 2 N–H and O–H groups in total. The highest BCUT2D eigenvalue weighted by Crippen LogP contribution is 2.17. The van der Waals surface area contributed by atoms with E-state index in [-0.39, 0.29) is 6.54 Å². The number of carbonyl (C=O) groups excluding carboxylic acids is 1. The lowest BCUT2D eigenvalue weighted by atomic mass is 10.2. The van der Waals surface area contributed by atoms with Crippen LogP contribution in [-0.4, -0.2) is 55.8 Å². The molecule has 2 heterocycles. The summed E-state index contributed by atoms with van der Waals surface area (Å²) >= 11 is 1.46. The zero-order valence-corrected chi connectivity index (χ0v) is 11.3. The smallest absolute Gasteiger partial charge is 0.327 e. The van der Waals surface area contributed by atoms with Crippen LogP contribution in [0.5, 0.6) is 0 Å². The summed E-state index contributed by atoms with van der Waals surface area (Å²) in [5, 5.41) is 11.3. The summed E-state index contributed by atoms with van der Waals surface area (Å²) in [5.41, 5.74) is -1.02. The van der Waals surface area contributed by atoms with E-state index >= 15 is 0 Å². The zero-order valence-electron chi connectivity index (χ0n) is 10.4. The van der Waals surface area contributed by atoms with Crippen LogP contribution in [0.2, 0.25) is 0 Å². The summed E-state index contributed by atoms with van der Waals surface area (Å²) in [4.78, 5) is 47.1. The van der Waals surface area contributed by atoms with E-state index < -0.39 is 29.0 Å². The molecule has 1 aromatic heterocycles. The molecular formula is C11H13N3O5S. The van der Waals surface area contributed by atoms with Crippen LogP contribution in [-0.2, 0) is 16.1 Å². The standard InChI is InChI=1S/C11H13N3O5S/c15-8-1-2-9(16)14(12-8)5-10(17)13-3-4-20-6-7(13)11(18)19/h1-2,7H,3-6H2,(H,12,15)(H,18,19). The van der Waals surface area contributed by atoms with Gasteiger partial charge >= 0.3 is 5.97 Å². The average Bonchev–Trinajstić information content (AvgIpc) is 2.42. The molecule has 1 saturated heterocycles. The van der Waals surface area contributed by atoms with Crippen molar-refractivity contribution < 1.29 is 14.7 Å². The minimum absolute atomic E-state index is 0.312. The van der Waals surface area contributed by atoms with Crippen molar-refractivity contribution in [2.24, 2.45) is 0 Å². The lowest BCUT2D eigenvalue weighted by Gasteiger charge is -2.32. The number of rotatable bonds is 3. The maximum Gasteiger partial charge on any atom is 0.327 e. The van der Waals surface area contributed by atoms with Crippen molar-refractivity contribution in [1.29, 1.82) is 0 Å². The van der Waals surface area contributed by atoms with Gasteiger partial charge in [-0.2, -0.15) is 11.8 Å². The summed E-state index contributed by atoms with van der Waals surface area (Å²) < 4.78 is 0.880. The first-order chi connectivity index (χ1) is 9.49. The molecule has 0 aromatic carbocycles. The third kappa shape index (κ3) is 3.10. The lowest BCUT2D eigenvalue weighted by molar-refractivity contribution is -0.149. The number of hydrogen-bond donors (Lipinski definition) is 2. The van der Waals surface area contributed by atoms with E-state index in [0.717, 1.165) is 16.8 Å². The van der Waals surface area contributed by atoms with Crippen LogP contribution < -0.4 is 11.1 Å². The van der Waals surface area contributed by atoms with Crippen LogP contribution in [0.4, 0.5) is 0 Å². The van der Waals surface area contributed by atoms with Gasteiger partial charge in [-0.1, -0.05) is 0 Å². The number of hydrogen-bond acceptors (Lipinski definition) is 5. The van der Waals surface area contributed by atoms with Gasteiger partial charge in [0.15, 0.2) is 0 Å². The second kappa shape index (κ2) is 5.95. The number of aliphatic carboxylic acids is 1. The first-order valence-electron chi connectivity index (χ1n) is 5.89. The summed E-state index contributed by atoms with van der Waals surface area (Å²) in [5.74, 6) is -0.599. The molecule has 1 aliphatic rings. The Kier molecular flexibility index (Phi) is 4.28. The fourth-order valence-electron chi connectivity index (χ4n) is 1.91. The highest BCUT2D eigenvalue weighted by atomic mass is 32.2. The molecule has 1 amide bonds. The van der Waals surface area contributed by atoms with E-state index in [1.54, 1.807) is 0 Å². The van der Waals surface area contributed by atoms with Gasteiger partial charge in [-0.25, -0.2) is 9.48 Å². The van der Waals surface area contributed by atoms with E-state index in [1.165, 1.54) is 16.7 Å². The van der Waals surface area contributed by atoms with Crippen LogP contribution in [0.25, 0.3) is 0 Å². The average molecular weight is 299 g/mol. The summed E-state index contributed by atoms with van der Waals surface area (Å²) in [6.07, 6.45) is 0. The third-order valence-corrected chi connectivity index (χ3v) is 3.94. The Hall–Kier alpha value is -2.03. The number of aromatic amines is 1. The van der Waals surface area contributed by atoms with Crippen molar-refractivity contribution in [3.63, 3.8) is 0 Å². The Labute approximate surface area is 117 Å². The molecule has 1 unspecified atom stereocenters. The van der Waals surface area contributed by atoms with Crippen molar-refractivity contribution >= 4 is 23.6 Å². The molecular weight excluding hydrogens is 286 g/mol. The molecule has 20 heavy (non-hydrogen) atoms. The number of carbonyl (C=O) groups is 2. The minimum atomic E-state index is -1.07. The Bertz CT molecular complexity index is 637. The zero-order chi connectivity index (χ0) is 14.7. The molecule has 0 radical (unpaired) electrons. The number of thioether (sulfide) groups is 1. The van der Waals surface area contributed by atoms with E-state index in [2.05, 4.69) is 5.10 Å². The topological polar surface area (TPSA) is 112 Å². The second-order valence-electron chi connectivity index (χ2n) is 4.25. The van der Waals surface area contributed by atoms with Crippen molar-refractivity contribution in [2.45, 2.75) is 12.6 Å². The number of amides is 1. The van der Waals surface area contributed by atoms with Gasteiger partial charge in [0.2, 0.25) is 5.91 Å². The largest absolute Gasteiger partial charge is 0.480 e. The van der Waals surface area contributed by atoms with E-state index in [1.807, 2.05) is 0 Å². The Morgan fingerprint density at radius 2 is 2.15 bits per heavy atom. The molecule has 0 spiro atoms. The SMILES string of the molecule is O=C(O)C1CSCCN1C(=O)Cn1[nH]c(=O)ccc1=O. The van der Waals surface area contributed by atoms with Crippen LogP contribution in [0, 0.1) is 0 Å². The first kappa shape index (κ1) is 14.4. The van der Waals surface area contributed by atoms with Gasteiger partial charge in [0, 0.05) is 30.2 Å². The van der Waals surface area contributed by atoms with Crippen molar-refractivity contribution in [2.75, 3.05) is 18.1 Å². The Morgan fingerprint density at radius 3 is 2.85 bits per heavy atom. The van der Waals surface area contributed by atoms with Crippen molar-refractivity contribution in [3.8, 4) is 0 Å². The van der Waals surface area contributed by atoms with Gasteiger partial charge in [-0.3, -0.25) is 19.5 Å². The fraction of sp³-hybridized carbons (Fsp3) is 0.455. The predicted molar refractivity (Wildman–Crippen MR) is 71.8 cm³/mol. The second-order valence-corrected chi connectivity index (χ2v) is 5.40. The van der Waals surface area contributed by atoms with Crippen LogP contribution in [0.15, 0.2) is 21.7 Å². The highest BCUT2D eigenvalue weighted by Gasteiger charge is 2.32. The molecule has 9 heteroatoms. The first-order valence-corrected chi connectivity index (χ1v) is 7.04. The Balaban J connectivity index is 2.18. The molecule has 0 aliphatic carbocycles. The molecule has 0 bridgehead atoms. The molecule has 0 saturated carbocycles. The summed E-state index contributed by atoms with van der Waals surface area (Å²) in [7, 11) is 0. The monoisotopic (exact) mass is 299 g/mol. The number of nitrogens with one attached hydrogen (secondary N) is 1. The maximum atomic E-state index is 12.1. The maximum absolute atomic E-state index is 12.1. The number of carboxylic acid groups (broad SMARTS) is 1. The van der Waals surface area contributed by atoms with E-state index in [9.17, 15) is 19.2 Å². The molecule has 1 fully saturated rings. The predicted octanol–water partition coefficient (Wildman–Crippen LogP) is -1.43. The van der Waals surface area contributed by atoms with Gasteiger partial charge in [-0.15, -0.1) is 0 Å². The minimum Gasteiger partial charge on any atom is -0.480 e. The number of nitrogens with zero attached hydrogens (tertiary/aromatic N) is 2. The molecule has 1 aliphatic heterocycles. The van der Waals surface area contributed by atoms with Gasteiger partial charge in [0.05, 0.1) is 0 Å². The molecule has 1 atom stereocenters. The van der Waals surface area contributed by atoms with Gasteiger partial charge in [-0.05, 0) is 0 Å². The molecule has 1 aromatic rings. The molecule has 8 nitrogen and oxygen atoms in total. The number of carboxylic acids is 1. The number of aromatic nitrogens is 2. The van der Waals surface area contributed by atoms with Crippen molar-refractivity contribution in [3.05, 3.63) is 32.8 Å². The Morgan fingerprint density at radius 1 is 1.40 bits per heavy atom. The summed E-state index contributed by atoms with van der Waals surface area (Å²) in [6, 6.07) is 1.24. The normalized spacial score (nSPS) is 18.8. The highest BCUT2D eigenvalue weighted by molar-refractivity contribution is 7.99. The fourth-order valence-corrected chi connectivity index (χ4v) is 2.95. The molecule has 2 rings (SSSR count). The number of H-pyrrole nitrogens is 1. The van der Waals surface area contributed by atoms with Gasteiger partial charge in [0.1, 0.15) is 12.6 Å². The summed E-state index contributed by atoms with van der Waals surface area (Å²) in [6.45, 7) is -0.0599. The third-order valence-electron chi connectivity index (χ3n) is 2.92. The van der Waals surface area contributed by atoms with Crippen LogP contribution >= 0.6 is 11.8 Å². The van der Waals surface area contributed by atoms with Gasteiger partial charge < -0.3 is 10.0 Å². The lowest BCUT2D eigenvalue weighted by Crippen LogP contribution is -2.52. The molecule has 108 valence electrons. The van der Waals surface area contributed by atoms with Crippen LogP contribution in [0.3, 0.4) is 0 Å². The quantitative estimate of drug-likeness (QED) is 0.707. The van der Waals surface area contributed by atoms with Gasteiger partial charge in [0.25, 0.3) is 11.1 Å². The van der Waals surface area contributed by atoms with Crippen LogP contribution in [0.1, 0.15) is 0 Å². The van der Waals surface area contributed by atoms with E-state index in [0.29, 0.717) is 18.1 Å². The van der Waals surface area contributed by atoms with Crippen molar-refractivity contribution in [1.82, 2.24) is 14.7 Å². The van der Waals surface area contributed by atoms with E-state index in [4.69, 9.17) is 5.11 Å².